The Morgan fingerprint density at radius 1 is 1.13 bits per heavy atom. The molecule has 1 fully saturated rings. The normalized spacial score (nSPS) is 17.7. The molecule has 31 heavy (non-hydrogen) atoms. The van der Waals surface area contributed by atoms with Crippen molar-refractivity contribution in [3.8, 4) is 5.75 Å². The first-order chi connectivity index (χ1) is 15.0. The molecule has 1 amide bonds. The number of Topliss-reactive ketones (excluding diaryl/α,β-unsaturated/α-hetero) is 1. The number of aliphatic hydroxyl groups is 1. The molecule has 0 spiro atoms. The smallest absolute Gasteiger partial charge is 0.295 e. The number of aliphatic hydroxyl groups excluding tert-OH is 1. The van der Waals surface area contributed by atoms with Crippen molar-refractivity contribution in [2.45, 2.75) is 12.6 Å². The van der Waals surface area contributed by atoms with Gasteiger partial charge in [-0.15, -0.1) is 0 Å². The highest BCUT2D eigenvalue weighted by Gasteiger charge is 2.46. The summed E-state index contributed by atoms with van der Waals surface area (Å²) >= 11 is 3.45. The van der Waals surface area contributed by atoms with Crippen molar-refractivity contribution in [3.63, 3.8) is 0 Å². The van der Waals surface area contributed by atoms with E-state index in [0.717, 1.165) is 10.0 Å². The highest BCUT2D eigenvalue weighted by molar-refractivity contribution is 9.10. The van der Waals surface area contributed by atoms with Crippen LogP contribution in [0.25, 0.3) is 5.76 Å². The summed E-state index contributed by atoms with van der Waals surface area (Å²) in [7, 11) is 1.52. The van der Waals surface area contributed by atoms with E-state index in [4.69, 9.17) is 4.74 Å². The van der Waals surface area contributed by atoms with Gasteiger partial charge in [-0.05, 0) is 41.5 Å². The number of carbonyl (C=O) groups excluding carboxylic acids is 2. The number of pyridine rings is 1. The zero-order chi connectivity index (χ0) is 22.0. The molecule has 7 heteroatoms. The zero-order valence-electron chi connectivity index (χ0n) is 16.7. The Labute approximate surface area is 187 Å². The molecule has 0 aliphatic carbocycles. The molecule has 156 valence electrons. The predicted octanol–water partition coefficient (Wildman–Crippen LogP) is 4.47. The van der Waals surface area contributed by atoms with Crippen molar-refractivity contribution in [2.75, 3.05) is 7.11 Å². The molecule has 1 atom stereocenters. The second-order valence-corrected chi connectivity index (χ2v) is 7.99. The summed E-state index contributed by atoms with van der Waals surface area (Å²) in [5.74, 6) is -1.10. The van der Waals surface area contributed by atoms with E-state index in [9.17, 15) is 14.7 Å². The lowest BCUT2D eigenvalue weighted by Crippen LogP contribution is -2.29. The van der Waals surface area contributed by atoms with Crippen LogP contribution >= 0.6 is 15.9 Å². The highest BCUT2D eigenvalue weighted by atomic mass is 79.9. The minimum absolute atomic E-state index is 0.0419. The Kier molecular flexibility index (Phi) is 5.86. The molecule has 2 heterocycles. The van der Waals surface area contributed by atoms with Crippen molar-refractivity contribution < 1.29 is 19.4 Å². The third-order valence-corrected chi connectivity index (χ3v) is 5.62. The quantitative estimate of drug-likeness (QED) is 0.332. The Balaban J connectivity index is 1.87. The number of methoxy groups -OCH3 is 1. The largest absolute Gasteiger partial charge is 0.507 e. The van der Waals surface area contributed by atoms with Gasteiger partial charge >= 0.3 is 0 Å². The number of rotatable bonds is 5. The number of nitrogens with zero attached hydrogens (tertiary/aromatic N) is 2. The second-order valence-electron chi connectivity index (χ2n) is 7.08. The first-order valence-corrected chi connectivity index (χ1v) is 10.4. The number of likely N-dealkylation sites (tertiary alicyclic amines) is 1. The highest BCUT2D eigenvalue weighted by Crippen LogP contribution is 2.41. The Bertz CT molecular complexity index is 1180. The predicted molar refractivity (Wildman–Crippen MR) is 119 cm³/mol. The average Bonchev–Trinajstić information content (AvgIpc) is 3.04. The van der Waals surface area contributed by atoms with E-state index < -0.39 is 17.7 Å². The van der Waals surface area contributed by atoms with Crippen molar-refractivity contribution in [3.05, 3.63) is 99.8 Å². The van der Waals surface area contributed by atoms with Crippen molar-refractivity contribution in [1.29, 1.82) is 0 Å². The van der Waals surface area contributed by atoms with Crippen LogP contribution in [0.1, 0.15) is 22.7 Å². The molecular weight excluding hydrogens is 460 g/mol. The third-order valence-electron chi connectivity index (χ3n) is 5.12. The van der Waals surface area contributed by atoms with Crippen LogP contribution in [0.2, 0.25) is 0 Å². The fourth-order valence-electron chi connectivity index (χ4n) is 3.68. The summed E-state index contributed by atoms with van der Waals surface area (Å²) in [5, 5.41) is 11.1. The minimum Gasteiger partial charge on any atom is -0.507 e. The lowest BCUT2D eigenvalue weighted by atomic mass is 9.95. The van der Waals surface area contributed by atoms with Crippen LogP contribution in [0.4, 0.5) is 0 Å². The zero-order valence-corrected chi connectivity index (χ0v) is 18.2. The molecule has 1 aromatic heterocycles. The standard InChI is InChI=1S/C24H19BrN2O4/c1-31-19-9-3-7-17(12-19)22(28)20-21(16-6-2-8-18(25)11-16)27(24(30)23(20)29)14-15-5-4-10-26-13-15/h2-13,21,28H,14H2,1H3/b22-20+/t21-/m1/s1. The number of halogens is 1. The van der Waals surface area contributed by atoms with Crippen LogP contribution in [0.15, 0.2) is 83.1 Å². The number of ether oxygens (including phenoxy) is 1. The molecule has 2 aromatic carbocycles. The van der Waals surface area contributed by atoms with Crippen LogP contribution < -0.4 is 4.74 Å². The van der Waals surface area contributed by atoms with Crippen molar-refractivity contribution >= 4 is 33.4 Å². The van der Waals surface area contributed by atoms with Gasteiger partial charge in [-0.25, -0.2) is 0 Å². The Morgan fingerprint density at radius 2 is 1.94 bits per heavy atom. The fraction of sp³-hybridized carbons (Fsp3) is 0.125. The van der Waals surface area contributed by atoms with E-state index in [1.165, 1.54) is 12.0 Å². The molecule has 0 saturated carbocycles. The van der Waals surface area contributed by atoms with Gasteiger partial charge < -0.3 is 14.7 Å². The minimum atomic E-state index is -0.746. The van der Waals surface area contributed by atoms with Gasteiger partial charge in [0, 0.05) is 29.0 Å². The van der Waals surface area contributed by atoms with Gasteiger partial charge in [-0.1, -0.05) is 46.3 Å². The van der Waals surface area contributed by atoms with Gasteiger partial charge in [0.25, 0.3) is 11.7 Å². The van der Waals surface area contributed by atoms with Gasteiger partial charge in [0.1, 0.15) is 11.5 Å². The summed E-state index contributed by atoms with van der Waals surface area (Å²) in [5.41, 5.74) is 1.94. The van der Waals surface area contributed by atoms with E-state index in [-0.39, 0.29) is 17.9 Å². The molecule has 1 saturated heterocycles. The number of benzene rings is 2. The summed E-state index contributed by atoms with van der Waals surface area (Å²) in [4.78, 5) is 31.7. The molecule has 6 nitrogen and oxygen atoms in total. The van der Waals surface area contributed by atoms with E-state index >= 15 is 0 Å². The van der Waals surface area contributed by atoms with Gasteiger partial charge in [0.2, 0.25) is 0 Å². The molecule has 0 radical (unpaired) electrons. The number of carbonyl (C=O) groups is 2. The molecule has 4 rings (SSSR count). The lowest BCUT2D eigenvalue weighted by molar-refractivity contribution is -0.140. The number of amides is 1. The monoisotopic (exact) mass is 478 g/mol. The lowest BCUT2D eigenvalue weighted by Gasteiger charge is -2.25. The van der Waals surface area contributed by atoms with Crippen LogP contribution in [-0.4, -0.2) is 33.8 Å². The van der Waals surface area contributed by atoms with Gasteiger partial charge in [-0.2, -0.15) is 0 Å². The van der Waals surface area contributed by atoms with E-state index in [2.05, 4.69) is 20.9 Å². The number of aromatic nitrogens is 1. The SMILES string of the molecule is COc1cccc(/C(O)=C2\C(=O)C(=O)N(Cc3cccnc3)[C@@H]2c2cccc(Br)c2)c1. The van der Waals surface area contributed by atoms with Crippen LogP contribution in [0.5, 0.6) is 5.75 Å². The molecule has 0 bridgehead atoms. The fourth-order valence-corrected chi connectivity index (χ4v) is 4.10. The van der Waals surface area contributed by atoms with E-state index in [0.29, 0.717) is 16.9 Å². The summed E-state index contributed by atoms with van der Waals surface area (Å²) < 4.78 is 6.04. The molecule has 1 aliphatic heterocycles. The first kappa shape index (κ1) is 20.8. The molecule has 1 aliphatic rings. The topological polar surface area (TPSA) is 79.7 Å². The number of ketones is 1. The number of hydrogen-bond acceptors (Lipinski definition) is 5. The van der Waals surface area contributed by atoms with Gasteiger partial charge in [-0.3, -0.25) is 14.6 Å². The average molecular weight is 479 g/mol. The number of hydrogen-bond donors (Lipinski definition) is 1. The Morgan fingerprint density at radius 3 is 2.65 bits per heavy atom. The van der Waals surface area contributed by atoms with Crippen LogP contribution in [-0.2, 0) is 16.1 Å². The summed E-state index contributed by atoms with van der Waals surface area (Å²) in [6.07, 6.45) is 3.30. The van der Waals surface area contributed by atoms with Crippen LogP contribution in [0, 0.1) is 0 Å². The summed E-state index contributed by atoms with van der Waals surface area (Å²) in [6.45, 7) is 0.185. The molecular formula is C24H19BrN2O4. The molecule has 3 aromatic rings. The maximum absolute atomic E-state index is 13.1. The summed E-state index contributed by atoms with van der Waals surface area (Å²) in [6, 6.07) is 17.0. The van der Waals surface area contributed by atoms with E-state index in [1.807, 2.05) is 30.3 Å². The third kappa shape index (κ3) is 4.09. The van der Waals surface area contributed by atoms with Crippen molar-refractivity contribution in [1.82, 2.24) is 9.88 Å². The second kappa shape index (κ2) is 8.73. The first-order valence-electron chi connectivity index (χ1n) is 9.57. The van der Waals surface area contributed by atoms with Gasteiger partial charge in [0.05, 0.1) is 18.7 Å². The van der Waals surface area contributed by atoms with E-state index in [1.54, 1.807) is 42.7 Å². The maximum Gasteiger partial charge on any atom is 0.295 e. The molecule has 1 N–H and O–H groups in total. The van der Waals surface area contributed by atoms with Gasteiger partial charge in [0.15, 0.2) is 0 Å². The molecule has 0 unspecified atom stereocenters. The Hall–Kier alpha value is -3.45. The maximum atomic E-state index is 13.1. The van der Waals surface area contributed by atoms with Crippen molar-refractivity contribution in [2.24, 2.45) is 0 Å². The van der Waals surface area contributed by atoms with Crippen LogP contribution in [0.3, 0.4) is 0 Å².